The Labute approximate surface area is 218 Å². The van der Waals surface area contributed by atoms with Crippen LogP contribution in [0.3, 0.4) is 0 Å². The van der Waals surface area contributed by atoms with E-state index in [9.17, 15) is 0 Å². The van der Waals surface area contributed by atoms with Crippen LogP contribution in [0.15, 0.2) is 72.8 Å². The van der Waals surface area contributed by atoms with Gasteiger partial charge in [0.05, 0.1) is 0 Å². The summed E-state index contributed by atoms with van der Waals surface area (Å²) in [6.45, 7) is 13.7. The summed E-state index contributed by atoms with van der Waals surface area (Å²) in [7, 11) is 9.87. The van der Waals surface area contributed by atoms with Gasteiger partial charge in [-0.05, 0) is 45.6 Å². The first-order valence-corrected chi connectivity index (χ1v) is 18.0. The fraction of sp³-hybridized carbons (Fsp3) is 0.300. The molecule has 0 heterocycles. The van der Waals surface area contributed by atoms with Crippen LogP contribution in [0.1, 0.15) is 76.0 Å². The van der Waals surface area contributed by atoms with Gasteiger partial charge in [-0.25, -0.2) is 0 Å². The van der Waals surface area contributed by atoms with Crippen LogP contribution in [-0.4, -0.2) is 0 Å². The zero-order valence-electron chi connectivity index (χ0n) is 20.4. The molecule has 0 bridgehead atoms. The Bertz CT molecular complexity index is 1160. The Morgan fingerprint density at radius 1 is 0.667 bits per heavy atom. The van der Waals surface area contributed by atoms with E-state index >= 15 is 0 Å². The van der Waals surface area contributed by atoms with E-state index in [0.29, 0.717) is 17.8 Å². The number of halogens is 2. The number of benzene rings is 3. The second kappa shape index (κ2) is 11.9. The second-order valence-electron chi connectivity index (χ2n) is 9.57. The van der Waals surface area contributed by atoms with Gasteiger partial charge in [0.1, 0.15) is 0 Å². The Balaban J connectivity index is 0.000000968. The van der Waals surface area contributed by atoms with Crippen molar-refractivity contribution in [3.8, 4) is 22.3 Å². The monoisotopic (exact) mass is 553 g/mol. The van der Waals surface area contributed by atoms with Crippen LogP contribution in [0.2, 0.25) is 0 Å². The van der Waals surface area contributed by atoms with Crippen LogP contribution >= 0.6 is 17.0 Å². The summed E-state index contributed by atoms with van der Waals surface area (Å²) in [6.07, 6.45) is 0. The molecule has 0 unspecified atom stereocenters. The quantitative estimate of drug-likeness (QED) is 0.215. The van der Waals surface area contributed by atoms with E-state index in [2.05, 4.69) is 114 Å². The molecule has 0 fully saturated rings. The molecular formula is C30H33Cl2Zr-. The maximum atomic E-state index is 4.93. The van der Waals surface area contributed by atoms with Gasteiger partial charge in [-0.1, -0.05) is 102 Å². The third-order valence-corrected chi connectivity index (χ3v) is 6.26. The number of hydrogen-bond acceptors (Lipinski definition) is 0. The summed E-state index contributed by atoms with van der Waals surface area (Å²) < 4.78 is 0. The molecule has 0 saturated carbocycles. The summed E-state index contributed by atoms with van der Waals surface area (Å²) in [6, 6.07) is 27.4. The van der Waals surface area contributed by atoms with E-state index in [1.54, 1.807) is 0 Å². The molecule has 0 spiro atoms. The molecule has 172 valence electrons. The molecule has 0 aliphatic carbocycles. The van der Waals surface area contributed by atoms with Gasteiger partial charge in [0.15, 0.2) is 0 Å². The van der Waals surface area contributed by atoms with E-state index in [4.69, 9.17) is 17.0 Å². The van der Waals surface area contributed by atoms with Crippen LogP contribution in [0.5, 0.6) is 0 Å². The van der Waals surface area contributed by atoms with Crippen LogP contribution in [0.25, 0.3) is 33.0 Å². The Morgan fingerprint density at radius 3 is 1.76 bits per heavy atom. The molecule has 33 heavy (non-hydrogen) atoms. The van der Waals surface area contributed by atoms with Gasteiger partial charge in [0, 0.05) is 0 Å². The van der Waals surface area contributed by atoms with Crippen molar-refractivity contribution < 1.29 is 20.8 Å². The zero-order valence-corrected chi connectivity index (χ0v) is 24.4. The third kappa shape index (κ3) is 6.25. The molecule has 0 aliphatic rings. The predicted octanol–water partition coefficient (Wildman–Crippen LogP) is 10.6. The fourth-order valence-corrected chi connectivity index (χ4v) is 4.30. The van der Waals surface area contributed by atoms with E-state index < -0.39 is 20.8 Å². The van der Waals surface area contributed by atoms with E-state index in [1.807, 2.05) is 0 Å². The summed E-state index contributed by atoms with van der Waals surface area (Å²) in [5.74, 6) is 1.54. The van der Waals surface area contributed by atoms with Crippen molar-refractivity contribution in [2.24, 2.45) is 0 Å². The molecule has 4 aromatic carbocycles. The van der Waals surface area contributed by atoms with E-state index in [-0.39, 0.29) is 0 Å². The normalized spacial score (nSPS) is 11.2. The van der Waals surface area contributed by atoms with Crippen molar-refractivity contribution in [2.45, 2.75) is 59.3 Å². The molecule has 4 aromatic rings. The van der Waals surface area contributed by atoms with Gasteiger partial charge < -0.3 is 0 Å². The van der Waals surface area contributed by atoms with Crippen LogP contribution in [0.4, 0.5) is 0 Å². The minimum atomic E-state index is -0.826. The second-order valence-corrected chi connectivity index (χ2v) is 13.3. The Hall–Kier alpha value is -1.27. The van der Waals surface area contributed by atoms with Gasteiger partial charge in [-0.3, -0.25) is 0 Å². The van der Waals surface area contributed by atoms with Crippen molar-refractivity contribution in [2.75, 3.05) is 0 Å². The average Bonchev–Trinajstić information content (AvgIpc) is 3.24. The summed E-state index contributed by atoms with van der Waals surface area (Å²) >= 11 is -0.826. The summed E-state index contributed by atoms with van der Waals surface area (Å²) in [5, 5.41) is 2.71. The molecular weight excluding hydrogens is 522 g/mol. The van der Waals surface area contributed by atoms with Gasteiger partial charge in [0.2, 0.25) is 0 Å². The Morgan fingerprint density at radius 2 is 1.24 bits per heavy atom. The molecule has 0 aliphatic heterocycles. The minimum absolute atomic E-state index is 0.507. The molecule has 0 atom stereocenters. The molecule has 0 N–H and O–H groups in total. The first-order chi connectivity index (χ1) is 15.8. The molecule has 0 amide bonds. The van der Waals surface area contributed by atoms with Crippen molar-refractivity contribution in [3.63, 3.8) is 0 Å². The third-order valence-electron chi connectivity index (χ3n) is 6.26. The first-order valence-electron chi connectivity index (χ1n) is 11.7. The van der Waals surface area contributed by atoms with Gasteiger partial charge in [0.25, 0.3) is 0 Å². The topological polar surface area (TPSA) is 0 Å². The first kappa shape index (κ1) is 26.3. The summed E-state index contributed by atoms with van der Waals surface area (Å²) in [5.41, 5.74) is 9.57. The van der Waals surface area contributed by atoms with Gasteiger partial charge in [-0.15, -0.1) is 28.5 Å². The molecule has 0 saturated heterocycles. The van der Waals surface area contributed by atoms with Gasteiger partial charge >= 0.3 is 37.9 Å². The molecule has 0 radical (unpaired) electrons. The zero-order chi connectivity index (χ0) is 24.1. The molecule has 3 heteroatoms. The SMILES string of the molecule is CC(C)c1cc(-c2c(-c3ccccc3)ccc3[cH-]c(C(C)C)cc23)cc(C(C)C)c1.[Cl][Zr][Cl]. The molecule has 0 aromatic heterocycles. The standard InChI is InChI=1S/C30H33.2ClH.Zr/c1-19(2)24-15-25(20(3)4)17-27(16-24)30-28(22-10-8-7-9-11-22)13-12-23-14-26(21(5)6)18-29(23)30;;;/h7-21H,1-6H3;2*1H;/q-1;;;+2/p-2. The van der Waals surface area contributed by atoms with Crippen LogP contribution < -0.4 is 0 Å². The average molecular weight is 556 g/mol. The maximum absolute atomic E-state index is 4.93. The fourth-order valence-electron chi connectivity index (χ4n) is 4.30. The van der Waals surface area contributed by atoms with Crippen LogP contribution in [0, 0.1) is 0 Å². The molecule has 0 nitrogen and oxygen atoms in total. The van der Waals surface area contributed by atoms with Crippen molar-refractivity contribution in [3.05, 3.63) is 89.5 Å². The number of fused-ring (bicyclic) bond motifs is 1. The van der Waals surface area contributed by atoms with Crippen molar-refractivity contribution in [1.29, 1.82) is 0 Å². The number of hydrogen-bond donors (Lipinski definition) is 0. The van der Waals surface area contributed by atoms with E-state index in [1.165, 1.54) is 49.7 Å². The van der Waals surface area contributed by atoms with Crippen LogP contribution in [-0.2, 0) is 20.8 Å². The summed E-state index contributed by atoms with van der Waals surface area (Å²) in [4.78, 5) is 0. The number of rotatable bonds is 5. The van der Waals surface area contributed by atoms with E-state index in [0.717, 1.165) is 0 Å². The molecule has 4 rings (SSSR count). The van der Waals surface area contributed by atoms with Crippen molar-refractivity contribution in [1.82, 2.24) is 0 Å². The van der Waals surface area contributed by atoms with Gasteiger partial charge in [-0.2, -0.15) is 6.07 Å². The van der Waals surface area contributed by atoms with Crippen molar-refractivity contribution >= 4 is 27.8 Å². The predicted molar refractivity (Wildman–Crippen MR) is 144 cm³/mol. The Kier molecular flexibility index (Phi) is 9.52.